The Balaban J connectivity index is 2.16. The molecule has 2 aromatic rings. The largest absolute Gasteiger partial charge is 0.389 e. The Bertz CT molecular complexity index is 537. The number of nitrogens with zero attached hydrogens (tertiary/aromatic N) is 4. The Morgan fingerprint density at radius 3 is 2.94 bits per heavy atom. The van der Waals surface area contributed by atoms with Crippen LogP contribution in [-0.4, -0.2) is 26.7 Å². The van der Waals surface area contributed by atoms with Crippen molar-refractivity contribution in [3.8, 4) is 0 Å². The fourth-order valence-electron chi connectivity index (χ4n) is 1.41. The van der Waals surface area contributed by atoms with Gasteiger partial charge in [0.05, 0.1) is 23.1 Å². The lowest BCUT2D eigenvalue weighted by Gasteiger charge is -2.01. The number of nitrogens with one attached hydrogen (secondary N) is 1. The predicted octanol–water partition coefficient (Wildman–Crippen LogP) is 1.28. The maximum Gasteiger partial charge on any atom is 0.389 e. The normalized spacial score (nSPS) is 10.2. The fraction of sp³-hybridized carbons (Fsp3) is 0.200. The molecular weight excluding hydrogens is 222 g/mol. The monoisotopic (exact) mass is 233 g/mol. The first-order valence-corrected chi connectivity index (χ1v) is 5.00. The Morgan fingerprint density at radius 1 is 1.47 bits per heavy atom. The van der Waals surface area contributed by atoms with E-state index in [1.165, 1.54) is 10.7 Å². The highest BCUT2D eigenvalue weighted by molar-refractivity contribution is 5.34. The average Bonchev–Trinajstić information content (AvgIpc) is 2.78. The van der Waals surface area contributed by atoms with Gasteiger partial charge in [-0.15, -0.1) is 0 Å². The van der Waals surface area contributed by atoms with Gasteiger partial charge >= 0.3 is 5.82 Å². The van der Waals surface area contributed by atoms with Gasteiger partial charge in [-0.1, -0.05) is 6.07 Å². The van der Waals surface area contributed by atoms with E-state index in [4.69, 9.17) is 0 Å². The SMILES string of the molecule is CNc1cccc(Cn2ccc([N+](=O)[O-])n2)n1. The summed E-state index contributed by atoms with van der Waals surface area (Å²) in [5, 5.41) is 17.2. The number of hydrogen-bond acceptors (Lipinski definition) is 5. The maximum absolute atomic E-state index is 10.5. The number of nitro groups is 1. The van der Waals surface area contributed by atoms with Gasteiger partial charge in [0.15, 0.2) is 0 Å². The molecule has 0 saturated carbocycles. The molecule has 2 rings (SSSR count). The Labute approximate surface area is 97.2 Å². The number of pyridine rings is 1. The van der Waals surface area contributed by atoms with Crippen molar-refractivity contribution in [3.63, 3.8) is 0 Å². The summed E-state index contributed by atoms with van der Waals surface area (Å²) in [6, 6.07) is 6.91. The summed E-state index contributed by atoms with van der Waals surface area (Å²) in [5.41, 5.74) is 0.787. The van der Waals surface area contributed by atoms with Gasteiger partial charge < -0.3 is 15.4 Å². The van der Waals surface area contributed by atoms with Crippen LogP contribution in [-0.2, 0) is 6.54 Å². The third kappa shape index (κ3) is 2.57. The summed E-state index contributed by atoms with van der Waals surface area (Å²) in [4.78, 5) is 14.3. The van der Waals surface area contributed by atoms with Gasteiger partial charge in [0.2, 0.25) is 0 Å². The van der Waals surface area contributed by atoms with Crippen LogP contribution in [0.3, 0.4) is 0 Å². The minimum atomic E-state index is -0.520. The number of rotatable bonds is 4. The zero-order valence-electron chi connectivity index (χ0n) is 9.20. The molecule has 7 heteroatoms. The lowest BCUT2D eigenvalue weighted by Crippen LogP contribution is -2.04. The van der Waals surface area contributed by atoms with Gasteiger partial charge in [0, 0.05) is 7.05 Å². The van der Waals surface area contributed by atoms with Gasteiger partial charge in [0.25, 0.3) is 0 Å². The lowest BCUT2D eigenvalue weighted by atomic mass is 10.3. The molecule has 2 aromatic heterocycles. The highest BCUT2D eigenvalue weighted by Crippen LogP contribution is 2.09. The number of hydrogen-bond donors (Lipinski definition) is 1. The Kier molecular flexibility index (Phi) is 2.99. The quantitative estimate of drug-likeness (QED) is 0.635. The predicted molar refractivity (Wildman–Crippen MR) is 61.8 cm³/mol. The van der Waals surface area contributed by atoms with Crippen LogP contribution >= 0.6 is 0 Å². The van der Waals surface area contributed by atoms with Gasteiger partial charge in [-0.3, -0.25) is 0 Å². The summed E-state index contributed by atoms with van der Waals surface area (Å²) in [7, 11) is 1.78. The summed E-state index contributed by atoms with van der Waals surface area (Å²) >= 11 is 0. The van der Waals surface area contributed by atoms with Gasteiger partial charge in [-0.25, -0.2) is 4.98 Å². The summed E-state index contributed by atoms with van der Waals surface area (Å²) in [5.74, 6) is 0.596. The third-order valence-electron chi connectivity index (χ3n) is 2.20. The lowest BCUT2D eigenvalue weighted by molar-refractivity contribution is -0.389. The molecule has 0 aromatic carbocycles. The standard InChI is InChI=1S/C10H11N5O2/c1-11-9-4-2-3-8(12-9)7-14-6-5-10(13-14)15(16)17/h2-6H,7H2,1H3,(H,11,12). The molecule has 2 heterocycles. The summed E-state index contributed by atoms with van der Waals surface area (Å²) in [6.45, 7) is 0.406. The van der Waals surface area contributed by atoms with Crippen LogP contribution < -0.4 is 5.32 Å². The van der Waals surface area contributed by atoms with Crippen LogP contribution in [0, 0.1) is 10.1 Å². The molecule has 0 spiro atoms. The third-order valence-corrected chi connectivity index (χ3v) is 2.20. The van der Waals surface area contributed by atoms with E-state index in [0.717, 1.165) is 11.5 Å². The van der Waals surface area contributed by atoms with E-state index in [2.05, 4.69) is 15.4 Å². The molecule has 7 nitrogen and oxygen atoms in total. The minimum absolute atomic E-state index is 0.158. The topological polar surface area (TPSA) is 85.9 Å². The van der Waals surface area contributed by atoms with Crippen LogP contribution in [0.1, 0.15) is 5.69 Å². The highest BCUT2D eigenvalue weighted by Gasteiger charge is 2.11. The van der Waals surface area contributed by atoms with Crippen molar-refractivity contribution in [2.45, 2.75) is 6.54 Å². The van der Waals surface area contributed by atoms with E-state index >= 15 is 0 Å². The molecule has 0 fully saturated rings. The average molecular weight is 233 g/mol. The van der Waals surface area contributed by atoms with E-state index < -0.39 is 4.92 Å². The fourth-order valence-corrected chi connectivity index (χ4v) is 1.41. The van der Waals surface area contributed by atoms with E-state index in [1.54, 1.807) is 13.2 Å². The Morgan fingerprint density at radius 2 is 2.29 bits per heavy atom. The molecule has 0 aliphatic heterocycles. The van der Waals surface area contributed by atoms with Gasteiger partial charge in [0.1, 0.15) is 12.4 Å². The Hall–Kier alpha value is -2.44. The van der Waals surface area contributed by atoms with Crippen molar-refractivity contribution in [3.05, 3.63) is 46.3 Å². The molecule has 88 valence electrons. The van der Waals surface area contributed by atoms with Crippen LogP contribution in [0.2, 0.25) is 0 Å². The molecule has 0 aliphatic rings. The second-order valence-corrected chi connectivity index (χ2v) is 3.39. The van der Waals surface area contributed by atoms with Gasteiger partial charge in [-0.05, 0) is 17.1 Å². The molecular formula is C10H11N5O2. The second kappa shape index (κ2) is 4.60. The molecule has 0 unspecified atom stereocenters. The zero-order chi connectivity index (χ0) is 12.3. The van der Waals surface area contributed by atoms with Crippen LogP contribution in [0.15, 0.2) is 30.5 Å². The minimum Gasteiger partial charge on any atom is -0.373 e. The molecule has 0 amide bonds. The van der Waals surface area contributed by atoms with Crippen LogP contribution in [0.4, 0.5) is 11.6 Å². The molecule has 0 radical (unpaired) electrons. The molecule has 1 N–H and O–H groups in total. The van der Waals surface area contributed by atoms with Crippen molar-refractivity contribution in [2.75, 3.05) is 12.4 Å². The molecule has 17 heavy (non-hydrogen) atoms. The van der Waals surface area contributed by atoms with Crippen molar-refractivity contribution in [1.82, 2.24) is 14.8 Å². The van der Waals surface area contributed by atoms with Crippen molar-refractivity contribution < 1.29 is 4.92 Å². The van der Waals surface area contributed by atoms with Crippen molar-refractivity contribution in [1.29, 1.82) is 0 Å². The van der Waals surface area contributed by atoms with E-state index in [0.29, 0.717) is 6.54 Å². The first-order chi connectivity index (χ1) is 8.19. The van der Waals surface area contributed by atoms with Crippen molar-refractivity contribution >= 4 is 11.6 Å². The second-order valence-electron chi connectivity index (χ2n) is 3.39. The summed E-state index contributed by atoms with van der Waals surface area (Å²) in [6.07, 6.45) is 1.56. The first-order valence-electron chi connectivity index (χ1n) is 5.00. The highest BCUT2D eigenvalue weighted by atomic mass is 16.6. The molecule has 0 aliphatic carbocycles. The molecule has 0 bridgehead atoms. The molecule has 0 saturated heterocycles. The zero-order valence-corrected chi connectivity index (χ0v) is 9.20. The van der Waals surface area contributed by atoms with Gasteiger partial charge in [-0.2, -0.15) is 4.68 Å². The maximum atomic E-state index is 10.5. The number of aromatic nitrogens is 3. The summed E-state index contributed by atoms with van der Waals surface area (Å²) < 4.78 is 1.49. The van der Waals surface area contributed by atoms with Crippen LogP contribution in [0.25, 0.3) is 0 Å². The van der Waals surface area contributed by atoms with Crippen molar-refractivity contribution in [2.24, 2.45) is 0 Å². The van der Waals surface area contributed by atoms with Crippen LogP contribution in [0.5, 0.6) is 0 Å². The number of anilines is 1. The van der Waals surface area contributed by atoms with E-state index in [-0.39, 0.29) is 5.82 Å². The molecule has 0 atom stereocenters. The van der Waals surface area contributed by atoms with E-state index in [9.17, 15) is 10.1 Å². The van der Waals surface area contributed by atoms with E-state index in [1.807, 2.05) is 18.2 Å². The smallest absolute Gasteiger partial charge is 0.373 e. The first kappa shape index (κ1) is 11.1.